The summed E-state index contributed by atoms with van der Waals surface area (Å²) in [5.41, 5.74) is 12.2. The van der Waals surface area contributed by atoms with Crippen LogP contribution in [0.2, 0.25) is 0 Å². The number of nitrogens with zero attached hydrogens (tertiary/aromatic N) is 2. The van der Waals surface area contributed by atoms with E-state index in [0.717, 1.165) is 55.7 Å². The van der Waals surface area contributed by atoms with Gasteiger partial charge in [0, 0.05) is 49.4 Å². The van der Waals surface area contributed by atoms with Gasteiger partial charge in [0.2, 0.25) is 0 Å². The molecule has 0 saturated carbocycles. The van der Waals surface area contributed by atoms with Crippen LogP contribution in [0.15, 0.2) is 174 Å². The van der Waals surface area contributed by atoms with Crippen molar-refractivity contribution >= 4 is 54.6 Å². The van der Waals surface area contributed by atoms with E-state index in [1.54, 1.807) is 0 Å². The molecule has 10 aromatic rings. The molecule has 0 saturated heterocycles. The lowest BCUT2D eigenvalue weighted by atomic mass is 9.98. The third-order valence-electron chi connectivity index (χ3n) is 9.52. The van der Waals surface area contributed by atoms with E-state index < -0.39 is 0 Å². The molecule has 3 nitrogen and oxygen atoms in total. The molecular weight excluding hydrogens is 572 g/mol. The standard InChI is InChI=1S/C44H28N2O/c1-3-14-31(15-4-1)45-38-22-9-7-13-30(38)28-41(45)35-20-12-24-42-43(35)36-21-11-19-33(44(36)47-42)29-25-26-40-37(27-29)34-18-8-10-23-39(34)46(40)32-16-5-2-6-17-32/h1-28H. The highest BCUT2D eigenvalue weighted by Crippen LogP contribution is 2.43. The molecule has 3 heteroatoms. The molecule has 7 aromatic carbocycles. The van der Waals surface area contributed by atoms with Gasteiger partial charge in [-0.1, -0.05) is 109 Å². The fraction of sp³-hybridized carbons (Fsp3) is 0. The molecule has 220 valence electrons. The summed E-state index contributed by atoms with van der Waals surface area (Å²) in [4.78, 5) is 0. The zero-order chi connectivity index (χ0) is 30.9. The van der Waals surface area contributed by atoms with Crippen molar-refractivity contribution in [2.75, 3.05) is 0 Å². The average molecular weight is 601 g/mol. The van der Waals surface area contributed by atoms with Crippen LogP contribution in [0.25, 0.3) is 88.4 Å². The van der Waals surface area contributed by atoms with Gasteiger partial charge in [-0.05, 0) is 66.2 Å². The first-order valence-corrected chi connectivity index (χ1v) is 16.0. The minimum atomic E-state index is 0.886. The number of fused-ring (bicyclic) bond motifs is 7. The highest BCUT2D eigenvalue weighted by atomic mass is 16.3. The molecule has 0 fully saturated rings. The molecule has 0 spiro atoms. The van der Waals surface area contributed by atoms with E-state index >= 15 is 0 Å². The molecule has 3 heterocycles. The molecule has 3 aromatic heterocycles. The monoisotopic (exact) mass is 600 g/mol. The lowest BCUT2D eigenvalue weighted by Crippen LogP contribution is -1.96. The maximum atomic E-state index is 6.78. The number of benzene rings is 7. The van der Waals surface area contributed by atoms with Crippen LogP contribution in [0, 0.1) is 0 Å². The number of hydrogen-bond donors (Lipinski definition) is 0. The largest absolute Gasteiger partial charge is 0.455 e. The molecule has 0 radical (unpaired) electrons. The van der Waals surface area contributed by atoms with Crippen LogP contribution in [0.4, 0.5) is 0 Å². The van der Waals surface area contributed by atoms with Crippen LogP contribution in [-0.2, 0) is 0 Å². The number of aromatic nitrogens is 2. The number of furan rings is 1. The maximum Gasteiger partial charge on any atom is 0.143 e. The summed E-state index contributed by atoms with van der Waals surface area (Å²) in [6.07, 6.45) is 0. The van der Waals surface area contributed by atoms with Gasteiger partial charge in [0.1, 0.15) is 11.2 Å². The van der Waals surface area contributed by atoms with E-state index in [-0.39, 0.29) is 0 Å². The van der Waals surface area contributed by atoms with E-state index in [9.17, 15) is 0 Å². The third kappa shape index (κ3) is 3.87. The Labute approximate surface area is 271 Å². The van der Waals surface area contributed by atoms with Gasteiger partial charge in [0.25, 0.3) is 0 Å². The summed E-state index contributed by atoms with van der Waals surface area (Å²) >= 11 is 0. The minimum absolute atomic E-state index is 0.886. The number of para-hydroxylation sites is 5. The summed E-state index contributed by atoms with van der Waals surface area (Å²) in [5, 5.41) is 5.92. The molecule has 47 heavy (non-hydrogen) atoms. The average Bonchev–Trinajstić information content (AvgIpc) is 3.82. The molecule has 0 amide bonds. The highest BCUT2D eigenvalue weighted by Gasteiger charge is 2.20. The first kappa shape index (κ1) is 26.0. The number of hydrogen-bond acceptors (Lipinski definition) is 1. The second-order valence-corrected chi connectivity index (χ2v) is 12.1. The maximum absolute atomic E-state index is 6.78. The smallest absolute Gasteiger partial charge is 0.143 e. The van der Waals surface area contributed by atoms with Crippen molar-refractivity contribution in [3.8, 4) is 33.8 Å². The Bertz CT molecular complexity index is 2780. The van der Waals surface area contributed by atoms with Crippen LogP contribution in [0.1, 0.15) is 0 Å². The normalized spacial score (nSPS) is 11.8. The van der Waals surface area contributed by atoms with Crippen LogP contribution in [-0.4, -0.2) is 9.13 Å². The van der Waals surface area contributed by atoms with Gasteiger partial charge >= 0.3 is 0 Å². The molecule has 0 atom stereocenters. The quantitative estimate of drug-likeness (QED) is 0.197. The summed E-state index contributed by atoms with van der Waals surface area (Å²) < 4.78 is 11.5. The van der Waals surface area contributed by atoms with E-state index in [2.05, 4.69) is 179 Å². The Hall–Kier alpha value is -6.32. The van der Waals surface area contributed by atoms with Crippen molar-refractivity contribution in [2.24, 2.45) is 0 Å². The molecule has 0 unspecified atom stereocenters. The Kier molecular flexibility index (Phi) is 5.57. The van der Waals surface area contributed by atoms with E-state index in [0.29, 0.717) is 0 Å². The van der Waals surface area contributed by atoms with Crippen LogP contribution in [0.3, 0.4) is 0 Å². The summed E-state index contributed by atoms with van der Waals surface area (Å²) in [6, 6.07) is 60.6. The first-order valence-electron chi connectivity index (χ1n) is 16.0. The zero-order valence-corrected chi connectivity index (χ0v) is 25.5. The second-order valence-electron chi connectivity index (χ2n) is 12.1. The topological polar surface area (TPSA) is 23.0 Å². The van der Waals surface area contributed by atoms with E-state index in [1.807, 2.05) is 0 Å². The molecule has 10 rings (SSSR count). The van der Waals surface area contributed by atoms with Crippen molar-refractivity contribution in [3.63, 3.8) is 0 Å². The molecule has 0 bridgehead atoms. The van der Waals surface area contributed by atoms with Gasteiger partial charge in [-0.25, -0.2) is 0 Å². The lowest BCUT2D eigenvalue weighted by Gasteiger charge is -2.12. The van der Waals surface area contributed by atoms with Gasteiger partial charge in [0.15, 0.2) is 0 Å². The van der Waals surface area contributed by atoms with E-state index in [4.69, 9.17) is 4.42 Å². The predicted molar refractivity (Wildman–Crippen MR) is 196 cm³/mol. The molecule has 0 aliphatic heterocycles. The molecule has 0 aliphatic rings. The zero-order valence-electron chi connectivity index (χ0n) is 25.5. The van der Waals surface area contributed by atoms with Crippen LogP contribution < -0.4 is 0 Å². The van der Waals surface area contributed by atoms with Crippen molar-refractivity contribution in [3.05, 3.63) is 170 Å². The Balaban J connectivity index is 1.21. The van der Waals surface area contributed by atoms with E-state index in [1.165, 1.54) is 32.7 Å². The fourth-order valence-electron chi connectivity index (χ4n) is 7.49. The van der Waals surface area contributed by atoms with Crippen LogP contribution >= 0.6 is 0 Å². The number of rotatable bonds is 4. The van der Waals surface area contributed by atoms with Crippen LogP contribution in [0.5, 0.6) is 0 Å². The Morgan fingerprint density at radius 1 is 0.404 bits per heavy atom. The Morgan fingerprint density at radius 2 is 1.04 bits per heavy atom. The second kappa shape index (κ2) is 10.1. The van der Waals surface area contributed by atoms with Gasteiger partial charge in [-0.15, -0.1) is 0 Å². The summed E-state index contributed by atoms with van der Waals surface area (Å²) in [5.74, 6) is 0. The molecule has 0 aliphatic carbocycles. The van der Waals surface area contributed by atoms with Crippen molar-refractivity contribution < 1.29 is 4.42 Å². The SMILES string of the molecule is c1ccc(-n2c(-c3cccc4oc5c(-c6ccc7c(c6)c6ccccc6n7-c6ccccc6)cccc5c34)cc3ccccc32)cc1. The van der Waals surface area contributed by atoms with Gasteiger partial charge in [-0.3, -0.25) is 0 Å². The molecular formula is C44H28N2O. The van der Waals surface area contributed by atoms with Gasteiger partial charge < -0.3 is 13.6 Å². The van der Waals surface area contributed by atoms with Crippen molar-refractivity contribution in [1.29, 1.82) is 0 Å². The fourth-order valence-corrected chi connectivity index (χ4v) is 7.49. The highest BCUT2D eigenvalue weighted by molar-refractivity contribution is 6.17. The van der Waals surface area contributed by atoms with Crippen molar-refractivity contribution in [2.45, 2.75) is 0 Å². The summed E-state index contributed by atoms with van der Waals surface area (Å²) in [7, 11) is 0. The first-order chi connectivity index (χ1) is 23.3. The minimum Gasteiger partial charge on any atom is -0.455 e. The van der Waals surface area contributed by atoms with Crippen molar-refractivity contribution in [1.82, 2.24) is 9.13 Å². The molecule has 0 N–H and O–H groups in total. The predicted octanol–water partition coefficient (Wildman–Crippen LogP) is 12.0. The van der Waals surface area contributed by atoms with Gasteiger partial charge in [0.05, 0.1) is 22.2 Å². The summed E-state index contributed by atoms with van der Waals surface area (Å²) in [6.45, 7) is 0. The lowest BCUT2D eigenvalue weighted by molar-refractivity contribution is 0.670. The Morgan fingerprint density at radius 3 is 1.87 bits per heavy atom. The third-order valence-corrected chi connectivity index (χ3v) is 9.52. The van der Waals surface area contributed by atoms with Gasteiger partial charge in [-0.2, -0.15) is 0 Å².